The number of aliphatic imine (C=N–C) groups is 1. The van der Waals surface area contributed by atoms with E-state index in [2.05, 4.69) is 29.0 Å². The van der Waals surface area contributed by atoms with Crippen molar-refractivity contribution in [3.8, 4) is 0 Å². The monoisotopic (exact) mass is 162 g/mol. The van der Waals surface area contributed by atoms with Gasteiger partial charge in [0.1, 0.15) is 12.2 Å². The number of hydrogen-bond donors (Lipinski definition) is 0. The van der Waals surface area contributed by atoms with Crippen molar-refractivity contribution in [1.82, 2.24) is 14.8 Å². The topological polar surface area (TPSA) is 43.1 Å². The normalized spacial score (nSPS) is 18.8. The lowest BCUT2D eigenvalue weighted by atomic mass is 9.94. The molecule has 62 valence electrons. The quantitative estimate of drug-likeness (QED) is 0.572. The third-order valence-electron chi connectivity index (χ3n) is 1.86. The molecule has 12 heavy (non-hydrogen) atoms. The molecule has 2 heterocycles. The fourth-order valence-corrected chi connectivity index (χ4v) is 1.21. The predicted molar refractivity (Wildman–Crippen MR) is 46.9 cm³/mol. The minimum Gasteiger partial charge on any atom is -0.290 e. The van der Waals surface area contributed by atoms with Gasteiger partial charge in [0, 0.05) is 18.6 Å². The molecule has 1 aliphatic heterocycles. The van der Waals surface area contributed by atoms with Crippen LogP contribution in [-0.4, -0.2) is 21.0 Å². The van der Waals surface area contributed by atoms with Crippen LogP contribution in [0.2, 0.25) is 0 Å². The highest BCUT2D eigenvalue weighted by atomic mass is 15.3. The third kappa shape index (κ3) is 0.958. The van der Waals surface area contributed by atoms with E-state index in [1.807, 2.05) is 17.0 Å². The lowest BCUT2D eigenvalue weighted by Crippen LogP contribution is -2.22. The summed E-state index contributed by atoms with van der Waals surface area (Å²) in [6.07, 6.45) is 7.14. The Balaban J connectivity index is 2.61. The number of aromatic nitrogens is 3. The van der Waals surface area contributed by atoms with Gasteiger partial charge in [-0.2, -0.15) is 0 Å². The van der Waals surface area contributed by atoms with E-state index in [-0.39, 0.29) is 5.41 Å². The first-order chi connectivity index (χ1) is 5.70. The molecular weight excluding hydrogens is 152 g/mol. The average Bonchev–Trinajstić information content (AvgIpc) is 2.42. The van der Waals surface area contributed by atoms with Gasteiger partial charge < -0.3 is 0 Å². The molecule has 1 aromatic heterocycles. The molecule has 4 heteroatoms. The number of fused-ring (bicyclic) bond motifs is 1. The Hall–Kier alpha value is -1.45. The van der Waals surface area contributed by atoms with E-state index in [9.17, 15) is 0 Å². The Morgan fingerprint density at radius 3 is 3.08 bits per heavy atom. The number of rotatable bonds is 0. The van der Waals surface area contributed by atoms with E-state index in [0.717, 1.165) is 5.82 Å². The Labute approximate surface area is 70.6 Å². The third-order valence-corrected chi connectivity index (χ3v) is 1.86. The molecule has 0 aromatic carbocycles. The molecule has 0 saturated heterocycles. The SMILES string of the molecule is CC1(C)C=NC=Cn2cnnc21. The second-order valence-electron chi connectivity index (χ2n) is 3.36. The van der Waals surface area contributed by atoms with Gasteiger partial charge in [-0.05, 0) is 13.8 Å². The van der Waals surface area contributed by atoms with Crippen molar-refractivity contribution >= 4 is 12.4 Å². The van der Waals surface area contributed by atoms with Crippen molar-refractivity contribution in [3.05, 3.63) is 18.4 Å². The van der Waals surface area contributed by atoms with Gasteiger partial charge in [0.2, 0.25) is 0 Å². The first-order valence-electron chi connectivity index (χ1n) is 3.81. The molecule has 0 saturated carbocycles. The van der Waals surface area contributed by atoms with Crippen molar-refractivity contribution in [2.45, 2.75) is 19.3 Å². The van der Waals surface area contributed by atoms with E-state index in [0.29, 0.717) is 0 Å². The Kier molecular flexibility index (Phi) is 1.36. The highest BCUT2D eigenvalue weighted by molar-refractivity contribution is 5.72. The smallest absolute Gasteiger partial charge is 0.148 e. The van der Waals surface area contributed by atoms with Crippen LogP contribution in [0.5, 0.6) is 0 Å². The minimum atomic E-state index is -0.139. The van der Waals surface area contributed by atoms with E-state index in [4.69, 9.17) is 0 Å². The second kappa shape index (κ2) is 2.27. The van der Waals surface area contributed by atoms with Crippen molar-refractivity contribution in [3.63, 3.8) is 0 Å². The van der Waals surface area contributed by atoms with Gasteiger partial charge in [0.05, 0.1) is 5.41 Å². The maximum Gasteiger partial charge on any atom is 0.148 e. The fraction of sp³-hybridized carbons (Fsp3) is 0.375. The van der Waals surface area contributed by atoms with Crippen molar-refractivity contribution in [2.24, 2.45) is 4.99 Å². The van der Waals surface area contributed by atoms with E-state index in [1.165, 1.54) is 0 Å². The molecule has 1 aliphatic rings. The van der Waals surface area contributed by atoms with E-state index < -0.39 is 0 Å². The van der Waals surface area contributed by atoms with Crippen LogP contribution in [0.1, 0.15) is 19.7 Å². The van der Waals surface area contributed by atoms with Crippen LogP contribution in [0, 0.1) is 0 Å². The first-order valence-corrected chi connectivity index (χ1v) is 3.81. The number of nitrogens with zero attached hydrogens (tertiary/aromatic N) is 4. The van der Waals surface area contributed by atoms with Crippen LogP contribution in [0.25, 0.3) is 6.20 Å². The van der Waals surface area contributed by atoms with Crippen LogP contribution in [0.15, 0.2) is 17.5 Å². The van der Waals surface area contributed by atoms with Gasteiger partial charge >= 0.3 is 0 Å². The maximum atomic E-state index is 4.12. The molecule has 2 rings (SSSR count). The Morgan fingerprint density at radius 2 is 2.25 bits per heavy atom. The minimum absolute atomic E-state index is 0.139. The zero-order valence-corrected chi connectivity index (χ0v) is 7.10. The highest BCUT2D eigenvalue weighted by Crippen LogP contribution is 2.20. The van der Waals surface area contributed by atoms with Crippen LogP contribution in [0.4, 0.5) is 0 Å². The summed E-state index contributed by atoms with van der Waals surface area (Å²) in [6, 6.07) is 0. The van der Waals surface area contributed by atoms with Gasteiger partial charge in [-0.25, -0.2) is 0 Å². The molecule has 0 N–H and O–H groups in total. The van der Waals surface area contributed by atoms with Gasteiger partial charge in [0.15, 0.2) is 0 Å². The Morgan fingerprint density at radius 1 is 1.42 bits per heavy atom. The summed E-state index contributed by atoms with van der Waals surface area (Å²) in [5.74, 6) is 0.917. The zero-order valence-electron chi connectivity index (χ0n) is 7.10. The molecular formula is C8H10N4. The lowest BCUT2D eigenvalue weighted by molar-refractivity contribution is 0.659. The second-order valence-corrected chi connectivity index (χ2v) is 3.36. The molecule has 0 spiro atoms. The van der Waals surface area contributed by atoms with Crippen molar-refractivity contribution in [1.29, 1.82) is 0 Å². The summed E-state index contributed by atoms with van der Waals surface area (Å²) in [4.78, 5) is 4.12. The molecule has 4 nitrogen and oxygen atoms in total. The summed E-state index contributed by atoms with van der Waals surface area (Å²) in [5, 5.41) is 7.88. The average molecular weight is 162 g/mol. The van der Waals surface area contributed by atoms with Gasteiger partial charge in [0.25, 0.3) is 0 Å². The summed E-state index contributed by atoms with van der Waals surface area (Å²) in [7, 11) is 0. The first kappa shape index (κ1) is 7.21. The van der Waals surface area contributed by atoms with Crippen molar-refractivity contribution < 1.29 is 0 Å². The van der Waals surface area contributed by atoms with Gasteiger partial charge in [-0.1, -0.05) is 0 Å². The van der Waals surface area contributed by atoms with Crippen LogP contribution >= 0.6 is 0 Å². The Bertz CT molecular complexity index is 346. The van der Waals surface area contributed by atoms with Crippen LogP contribution in [-0.2, 0) is 5.41 Å². The maximum absolute atomic E-state index is 4.12. The standard InChI is InChI=1S/C8H10N4/c1-8(2)5-9-3-4-12-6-10-11-7(8)12/h3-6H,1-2H3. The molecule has 0 amide bonds. The predicted octanol–water partition coefficient (Wildman–Crippen LogP) is 1.07. The molecule has 0 unspecified atom stereocenters. The van der Waals surface area contributed by atoms with Crippen molar-refractivity contribution in [2.75, 3.05) is 0 Å². The summed E-state index contributed by atoms with van der Waals surface area (Å²) >= 11 is 0. The fourth-order valence-electron chi connectivity index (χ4n) is 1.21. The lowest BCUT2D eigenvalue weighted by Gasteiger charge is -2.15. The van der Waals surface area contributed by atoms with Gasteiger partial charge in [-0.3, -0.25) is 9.56 Å². The summed E-state index contributed by atoms with van der Waals surface area (Å²) in [5.41, 5.74) is -0.139. The number of hydrogen-bond acceptors (Lipinski definition) is 3. The molecule has 1 aromatic rings. The molecule has 0 aliphatic carbocycles. The highest BCUT2D eigenvalue weighted by Gasteiger charge is 2.24. The molecule has 0 bridgehead atoms. The van der Waals surface area contributed by atoms with E-state index in [1.54, 1.807) is 12.5 Å². The van der Waals surface area contributed by atoms with Crippen LogP contribution < -0.4 is 0 Å². The molecule has 0 fully saturated rings. The van der Waals surface area contributed by atoms with Crippen LogP contribution in [0.3, 0.4) is 0 Å². The zero-order chi connectivity index (χ0) is 8.60. The largest absolute Gasteiger partial charge is 0.290 e. The molecule has 0 atom stereocenters. The molecule has 0 radical (unpaired) electrons. The summed E-state index contributed by atoms with van der Waals surface area (Å²) in [6.45, 7) is 4.12. The van der Waals surface area contributed by atoms with Gasteiger partial charge in [-0.15, -0.1) is 10.2 Å². The van der Waals surface area contributed by atoms with E-state index >= 15 is 0 Å². The summed E-state index contributed by atoms with van der Waals surface area (Å²) < 4.78 is 1.88.